The van der Waals surface area contributed by atoms with Crippen LogP contribution < -0.4 is 14.3 Å². The van der Waals surface area contributed by atoms with E-state index in [4.69, 9.17) is 9.47 Å². The van der Waals surface area contributed by atoms with Gasteiger partial charge in [0.2, 0.25) is 11.8 Å². The van der Waals surface area contributed by atoms with Crippen molar-refractivity contribution < 1.29 is 29.0 Å². The number of hydrogen-bond acceptors (Lipinski definition) is 8. The summed E-state index contributed by atoms with van der Waals surface area (Å²) in [5.41, 5.74) is 0.968. The molecule has 4 aliphatic rings. The van der Waals surface area contributed by atoms with E-state index in [0.717, 1.165) is 26.8 Å². The number of aromatic amines is 1. The van der Waals surface area contributed by atoms with E-state index >= 15 is 0 Å². The van der Waals surface area contributed by atoms with Crippen LogP contribution in [0, 0.1) is 35.5 Å². The molecule has 1 saturated heterocycles. The van der Waals surface area contributed by atoms with Crippen molar-refractivity contribution >= 4 is 40.9 Å². The Morgan fingerprint density at radius 1 is 1.11 bits per heavy atom. The highest BCUT2D eigenvalue weighted by Gasteiger charge is 2.70. The lowest BCUT2D eigenvalue weighted by molar-refractivity contribution is -0.156. The SMILES string of the molecule is COc1ccc([C@@H]2c3sc(=O)[nH]c3S[C@@H]3[C@@H]4C[C@@H]([C@@H]5C(=O)N([C@@H](CC(C)C)C(=O)O)C(=O)[C@@H]45)[C@H]23)cc1OC. The number of amides is 2. The molecule has 2 N–H and O–H groups in total. The molecule has 11 heteroatoms. The highest BCUT2D eigenvalue weighted by molar-refractivity contribution is 8.00. The minimum Gasteiger partial charge on any atom is -0.493 e. The summed E-state index contributed by atoms with van der Waals surface area (Å²) in [6.07, 6.45) is 0.976. The second kappa shape index (κ2) is 9.15. The molecule has 202 valence electrons. The maximum absolute atomic E-state index is 13.8. The molecule has 1 aromatic carbocycles. The fourth-order valence-electron chi connectivity index (χ4n) is 7.53. The number of fused-ring (bicyclic) bond motifs is 9. The van der Waals surface area contributed by atoms with Crippen LogP contribution in [-0.4, -0.2) is 58.3 Å². The Hall–Kier alpha value is -2.79. The maximum atomic E-state index is 13.8. The van der Waals surface area contributed by atoms with Crippen LogP contribution in [0.2, 0.25) is 0 Å². The average molecular weight is 559 g/mol. The first kappa shape index (κ1) is 25.5. The molecule has 2 amide bonds. The quantitative estimate of drug-likeness (QED) is 0.495. The van der Waals surface area contributed by atoms with Gasteiger partial charge in [-0.3, -0.25) is 19.3 Å². The zero-order chi connectivity index (χ0) is 27.0. The van der Waals surface area contributed by atoms with Gasteiger partial charge < -0.3 is 19.6 Å². The Morgan fingerprint density at radius 2 is 1.79 bits per heavy atom. The van der Waals surface area contributed by atoms with Gasteiger partial charge in [-0.2, -0.15) is 0 Å². The Kier molecular flexibility index (Phi) is 6.14. The number of imide groups is 1. The highest BCUT2D eigenvalue weighted by atomic mass is 32.2. The molecule has 0 radical (unpaired) electrons. The number of aliphatic carboxylic acids is 1. The predicted molar refractivity (Wildman–Crippen MR) is 141 cm³/mol. The van der Waals surface area contributed by atoms with Crippen molar-refractivity contribution in [1.82, 2.24) is 9.88 Å². The van der Waals surface area contributed by atoms with Crippen molar-refractivity contribution in [2.24, 2.45) is 35.5 Å². The largest absolute Gasteiger partial charge is 0.493 e. The van der Waals surface area contributed by atoms with E-state index in [-0.39, 0.29) is 57.9 Å². The third kappa shape index (κ3) is 3.57. The third-order valence-corrected chi connectivity index (χ3v) is 11.4. The smallest absolute Gasteiger partial charge is 0.326 e. The molecule has 8 atom stereocenters. The number of likely N-dealkylation sites (tertiary alicyclic amines) is 1. The van der Waals surface area contributed by atoms with Crippen LogP contribution >= 0.6 is 23.1 Å². The van der Waals surface area contributed by atoms with Crippen molar-refractivity contribution in [1.29, 1.82) is 0 Å². The lowest BCUT2D eigenvalue weighted by Gasteiger charge is -2.43. The minimum absolute atomic E-state index is 0.0216. The van der Waals surface area contributed by atoms with Gasteiger partial charge in [0, 0.05) is 16.0 Å². The molecule has 2 aromatic rings. The van der Waals surface area contributed by atoms with Crippen molar-refractivity contribution in [2.45, 2.75) is 48.9 Å². The zero-order valence-electron chi connectivity index (χ0n) is 21.5. The van der Waals surface area contributed by atoms with Crippen LogP contribution in [0.15, 0.2) is 28.0 Å². The molecule has 0 unspecified atom stereocenters. The number of thiazole rings is 1. The Balaban J connectivity index is 1.43. The third-order valence-electron chi connectivity index (χ3n) is 8.82. The fraction of sp³-hybridized carbons (Fsp3) is 0.556. The van der Waals surface area contributed by atoms with Gasteiger partial charge in [0.1, 0.15) is 6.04 Å². The normalized spacial score (nSPS) is 31.8. The molecule has 2 saturated carbocycles. The number of carboxylic acids is 1. The first-order valence-electron chi connectivity index (χ1n) is 12.9. The van der Waals surface area contributed by atoms with Crippen molar-refractivity contribution in [2.75, 3.05) is 14.2 Å². The molecule has 2 aliphatic heterocycles. The number of carbonyl (C=O) groups is 3. The van der Waals surface area contributed by atoms with E-state index < -0.39 is 23.8 Å². The number of nitrogens with one attached hydrogen (secondary N) is 1. The molecule has 2 aliphatic carbocycles. The van der Waals surface area contributed by atoms with E-state index in [1.807, 2.05) is 32.0 Å². The summed E-state index contributed by atoms with van der Waals surface area (Å²) < 4.78 is 11.0. The van der Waals surface area contributed by atoms with Crippen LogP contribution in [0.4, 0.5) is 0 Å². The van der Waals surface area contributed by atoms with Gasteiger partial charge in [0.05, 0.1) is 31.1 Å². The van der Waals surface area contributed by atoms with Gasteiger partial charge in [-0.1, -0.05) is 31.3 Å². The average Bonchev–Trinajstić information content (AvgIpc) is 3.61. The fourth-order valence-corrected chi connectivity index (χ4v) is 10.4. The van der Waals surface area contributed by atoms with Crippen molar-refractivity contribution in [3.63, 3.8) is 0 Å². The van der Waals surface area contributed by atoms with E-state index in [2.05, 4.69) is 4.98 Å². The molecular weight excluding hydrogens is 528 g/mol. The number of benzene rings is 1. The van der Waals surface area contributed by atoms with E-state index in [1.165, 1.54) is 11.3 Å². The molecule has 6 rings (SSSR count). The topological polar surface area (TPSA) is 126 Å². The summed E-state index contributed by atoms with van der Waals surface area (Å²) in [4.78, 5) is 57.0. The maximum Gasteiger partial charge on any atom is 0.326 e. The number of carboxylic acid groups (broad SMARTS) is 1. The van der Waals surface area contributed by atoms with Crippen LogP contribution in [-0.2, 0) is 14.4 Å². The number of aromatic nitrogens is 1. The lowest BCUT2D eigenvalue weighted by atomic mass is 9.68. The molecular formula is C27H30N2O7S2. The number of H-pyrrole nitrogens is 1. The number of thioether (sulfide) groups is 1. The second-order valence-corrected chi connectivity index (χ2v) is 13.3. The zero-order valence-corrected chi connectivity index (χ0v) is 23.1. The monoisotopic (exact) mass is 558 g/mol. The van der Waals surface area contributed by atoms with Gasteiger partial charge in [-0.25, -0.2) is 4.79 Å². The first-order valence-corrected chi connectivity index (χ1v) is 14.6. The van der Waals surface area contributed by atoms with Crippen molar-refractivity contribution in [3.05, 3.63) is 38.3 Å². The van der Waals surface area contributed by atoms with Gasteiger partial charge in [-0.05, 0) is 54.2 Å². The number of carbonyl (C=O) groups excluding carboxylic acids is 2. The molecule has 3 fully saturated rings. The number of ether oxygens (including phenoxy) is 2. The molecule has 3 heterocycles. The second-order valence-electron chi connectivity index (χ2n) is 11.1. The molecule has 1 aromatic heterocycles. The van der Waals surface area contributed by atoms with E-state index in [1.54, 1.807) is 26.0 Å². The van der Waals surface area contributed by atoms with E-state index in [9.17, 15) is 24.3 Å². The number of nitrogens with zero attached hydrogens (tertiary/aromatic N) is 1. The summed E-state index contributed by atoms with van der Waals surface area (Å²) in [5, 5.41) is 10.8. The van der Waals surface area contributed by atoms with Crippen LogP contribution in [0.1, 0.15) is 43.0 Å². The van der Waals surface area contributed by atoms with Crippen molar-refractivity contribution in [3.8, 4) is 11.5 Å². The van der Waals surface area contributed by atoms with Crippen LogP contribution in [0.5, 0.6) is 11.5 Å². The summed E-state index contributed by atoms with van der Waals surface area (Å²) >= 11 is 2.80. The Labute approximate surface area is 227 Å². The lowest BCUT2D eigenvalue weighted by Crippen LogP contribution is -2.47. The highest BCUT2D eigenvalue weighted by Crippen LogP contribution is 2.68. The van der Waals surface area contributed by atoms with Gasteiger partial charge in [-0.15, -0.1) is 11.8 Å². The van der Waals surface area contributed by atoms with Gasteiger partial charge in [0.15, 0.2) is 11.5 Å². The summed E-state index contributed by atoms with van der Waals surface area (Å²) in [6, 6.07) is 4.62. The van der Waals surface area contributed by atoms with Gasteiger partial charge >= 0.3 is 10.8 Å². The van der Waals surface area contributed by atoms with Gasteiger partial charge in [0.25, 0.3) is 0 Å². The standard InChI is InChI=1S/C27H30N2O7S2/c1-10(2)7-14(26(32)33)29-24(30)19-12-9-13(20(19)25(29)31)21-18(12)17(22-23(37-21)28-27(34)38-22)11-5-6-15(35-3)16(8-11)36-4/h5-6,8,10,12-14,17-21H,7,9H2,1-4H3,(H,28,34)(H,32,33)/t12-,13-,14+,17+,18-,19+,20+,21-/m1/s1. The van der Waals surface area contributed by atoms with Crippen LogP contribution in [0.25, 0.3) is 0 Å². The molecule has 2 bridgehead atoms. The minimum atomic E-state index is -1.14. The molecule has 0 spiro atoms. The summed E-state index contributed by atoms with van der Waals surface area (Å²) in [5.74, 6) is -1.92. The van der Waals surface area contributed by atoms with E-state index in [0.29, 0.717) is 11.5 Å². The number of rotatable bonds is 7. The first-order chi connectivity index (χ1) is 18.2. The summed E-state index contributed by atoms with van der Waals surface area (Å²) in [6.45, 7) is 3.78. The summed E-state index contributed by atoms with van der Waals surface area (Å²) in [7, 11) is 3.16. The number of hydrogen-bond donors (Lipinski definition) is 2. The van der Waals surface area contributed by atoms with Crippen LogP contribution in [0.3, 0.4) is 0 Å². The Morgan fingerprint density at radius 3 is 2.42 bits per heavy atom. The molecule has 9 nitrogen and oxygen atoms in total. The number of methoxy groups -OCH3 is 2. The molecule has 38 heavy (non-hydrogen) atoms. The Bertz CT molecular complexity index is 1380. The predicted octanol–water partition coefficient (Wildman–Crippen LogP) is 3.43.